The molecule has 0 aliphatic rings. The zero-order valence-corrected chi connectivity index (χ0v) is 14.6. The van der Waals surface area contributed by atoms with Crippen LogP contribution in [-0.4, -0.2) is 17.4 Å². The van der Waals surface area contributed by atoms with E-state index in [0.29, 0.717) is 23.6 Å². The zero-order valence-electron chi connectivity index (χ0n) is 13.8. The molecule has 0 aliphatic carbocycles. The van der Waals surface area contributed by atoms with Gasteiger partial charge in [-0.1, -0.05) is 31.4 Å². The van der Waals surface area contributed by atoms with Gasteiger partial charge in [0.1, 0.15) is 10.8 Å². The Morgan fingerprint density at radius 2 is 1.92 bits per heavy atom. The van der Waals surface area contributed by atoms with Crippen molar-refractivity contribution in [3.05, 3.63) is 63.2 Å². The van der Waals surface area contributed by atoms with Crippen LogP contribution in [-0.2, 0) is 0 Å². The van der Waals surface area contributed by atoms with Crippen molar-refractivity contribution in [2.24, 2.45) is 0 Å². The van der Waals surface area contributed by atoms with Crippen LogP contribution in [0.15, 0.2) is 42.5 Å². The second-order valence-electron chi connectivity index (χ2n) is 5.46. The number of hydrogen-bond donors (Lipinski definition) is 1. The molecule has 0 radical (unpaired) electrons. The molecule has 0 atom stereocenters. The number of hydrogen-bond acceptors (Lipinski definition) is 4. The molecular formula is C18H19ClN2O4. The van der Waals surface area contributed by atoms with Crippen molar-refractivity contribution < 1.29 is 14.5 Å². The number of rotatable bonds is 8. The predicted octanol–water partition coefficient (Wildman–Crippen LogP) is 5.07. The van der Waals surface area contributed by atoms with Gasteiger partial charge in [-0.3, -0.25) is 14.9 Å². The number of nitrogens with zero attached hydrogens (tertiary/aromatic N) is 1. The normalized spacial score (nSPS) is 10.3. The summed E-state index contributed by atoms with van der Waals surface area (Å²) in [6.07, 6.45) is 3.24. The lowest BCUT2D eigenvalue weighted by atomic mass is 10.2. The average Bonchev–Trinajstić information content (AvgIpc) is 2.60. The van der Waals surface area contributed by atoms with E-state index in [1.54, 1.807) is 24.3 Å². The van der Waals surface area contributed by atoms with Crippen molar-refractivity contribution in [2.75, 3.05) is 11.9 Å². The molecule has 1 amide bonds. The van der Waals surface area contributed by atoms with Crippen LogP contribution < -0.4 is 10.1 Å². The Bertz CT molecular complexity index is 747. The third-order valence-electron chi connectivity index (χ3n) is 3.53. The van der Waals surface area contributed by atoms with Gasteiger partial charge in [0.2, 0.25) is 0 Å². The number of ether oxygens (including phenoxy) is 1. The number of anilines is 1. The Morgan fingerprint density at radius 3 is 2.56 bits per heavy atom. The van der Waals surface area contributed by atoms with Gasteiger partial charge in [0, 0.05) is 17.3 Å². The highest BCUT2D eigenvalue weighted by molar-refractivity contribution is 6.32. The van der Waals surface area contributed by atoms with Gasteiger partial charge in [-0.15, -0.1) is 0 Å². The molecule has 0 aromatic heterocycles. The quantitative estimate of drug-likeness (QED) is 0.404. The summed E-state index contributed by atoms with van der Waals surface area (Å²) in [5.41, 5.74) is 0.481. The van der Waals surface area contributed by atoms with E-state index in [9.17, 15) is 14.9 Å². The molecule has 1 N–H and O–H groups in total. The third-order valence-corrected chi connectivity index (χ3v) is 3.85. The highest BCUT2D eigenvalue weighted by Gasteiger charge is 2.14. The molecule has 6 nitrogen and oxygen atoms in total. The molecule has 7 heteroatoms. The number of carbonyl (C=O) groups is 1. The lowest BCUT2D eigenvalue weighted by Crippen LogP contribution is -2.12. The van der Waals surface area contributed by atoms with Gasteiger partial charge in [-0.25, -0.2) is 0 Å². The van der Waals surface area contributed by atoms with Crippen LogP contribution in [0.5, 0.6) is 5.75 Å². The Labute approximate surface area is 150 Å². The van der Waals surface area contributed by atoms with E-state index in [0.717, 1.165) is 19.3 Å². The highest BCUT2D eigenvalue weighted by atomic mass is 35.5. The molecule has 0 saturated carbocycles. The maximum atomic E-state index is 12.2. The van der Waals surface area contributed by atoms with E-state index in [1.165, 1.54) is 18.2 Å². The molecule has 25 heavy (non-hydrogen) atoms. The molecule has 0 saturated heterocycles. The Hall–Kier alpha value is -2.60. The van der Waals surface area contributed by atoms with E-state index < -0.39 is 4.92 Å². The number of benzene rings is 2. The maximum Gasteiger partial charge on any atom is 0.289 e. The van der Waals surface area contributed by atoms with Gasteiger partial charge in [0.25, 0.3) is 11.6 Å². The van der Waals surface area contributed by atoms with E-state index in [-0.39, 0.29) is 16.6 Å². The van der Waals surface area contributed by atoms with Crippen LogP contribution in [0.1, 0.15) is 36.5 Å². The molecule has 2 aromatic carbocycles. The monoisotopic (exact) mass is 362 g/mol. The molecule has 0 fully saturated rings. The SMILES string of the molecule is CCCCCOc1ccc(C(=O)Nc2ccc(Cl)c([N+](=O)[O-])c2)cc1. The van der Waals surface area contributed by atoms with Crippen molar-refractivity contribution >= 4 is 28.9 Å². The van der Waals surface area contributed by atoms with Crippen LogP contribution in [0.4, 0.5) is 11.4 Å². The van der Waals surface area contributed by atoms with E-state index in [1.807, 2.05) is 0 Å². The first-order valence-electron chi connectivity index (χ1n) is 7.99. The minimum Gasteiger partial charge on any atom is -0.494 e. The van der Waals surface area contributed by atoms with Gasteiger partial charge in [-0.2, -0.15) is 0 Å². The molecule has 0 heterocycles. The number of carbonyl (C=O) groups excluding carboxylic acids is 1. The number of amides is 1. The minimum absolute atomic E-state index is 0.0209. The summed E-state index contributed by atoms with van der Waals surface area (Å²) in [5.74, 6) is 0.337. The number of unbranched alkanes of at least 4 members (excludes halogenated alkanes) is 2. The van der Waals surface area contributed by atoms with Gasteiger partial charge in [0.05, 0.1) is 11.5 Å². The molecule has 132 valence electrons. The second kappa shape index (κ2) is 9.03. The minimum atomic E-state index is -0.595. The zero-order chi connectivity index (χ0) is 18.2. The molecule has 2 rings (SSSR count). The standard InChI is InChI=1S/C18H19ClN2O4/c1-2-3-4-11-25-15-8-5-13(6-9-15)18(22)20-14-7-10-16(19)17(12-14)21(23)24/h5-10,12H,2-4,11H2,1H3,(H,20,22). The van der Waals surface area contributed by atoms with E-state index in [2.05, 4.69) is 12.2 Å². The van der Waals surface area contributed by atoms with Crippen LogP contribution >= 0.6 is 11.6 Å². The number of nitrogens with one attached hydrogen (secondary N) is 1. The summed E-state index contributed by atoms with van der Waals surface area (Å²) in [5, 5.41) is 13.5. The van der Waals surface area contributed by atoms with Gasteiger partial charge in [0.15, 0.2) is 0 Å². The number of nitro benzene ring substituents is 1. The molecule has 0 bridgehead atoms. The van der Waals surface area contributed by atoms with Gasteiger partial charge < -0.3 is 10.1 Å². The topological polar surface area (TPSA) is 81.5 Å². The van der Waals surface area contributed by atoms with Crippen LogP contribution in [0, 0.1) is 10.1 Å². The Morgan fingerprint density at radius 1 is 1.20 bits per heavy atom. The largest absolute Gasteiger partial charge is 0.494 e. The lowest BCUT2D eigenvalue weighted by Gasteiger charge is -2.08. The van der Waals surface area contributed by atoms with E-state index >= 15 is 0 Å². The summed E-state index contributed by atoms with van der Waals surface area (Å²) < 4.78 is 5.60. The average molecular weight is 363 g/mol. The maximum absolute atomic E-state index is 12.2. The fourth-order valence-electron chi connectivity index (χ4n) is 2.18. The molecule has 0 unspecified atom stereocenters. The lowest BCUT2D eigenvalue weighted by molar-refractivity contribution is -0.384. The van der Waals surface area contributed by atoms with Crippen molar-refractivity contribution in [3.63, 3.8) is 0 Å². The van der Waals surface area contributed by atoms with Crippen LogP contribution in [0.3, 0.4) is 0 Å². The van der Waals surface area contributed by atoms with Crippen molar-refractivity contribution in [3.8, 4) is 5.75 Å². The molecular weight excluding hydrogens is 344 g/mol. The summed E-state index contributed by atoms with van der Waals surface area (Å²) in [7, 11) is 0. The van der Waals surface area contributed by atoms with Crippen molar-refractivity contribution in [1.82, 2.24) is 0 Å². The summed E-state index contributed by atoms with van der Waals surface area (Å²) in [4.78, 5) is 22.5. The number of halogens is 1. The highest BCUT2D eigenvalue weighted by Crippen LogP contribution is 2.27. The van der Waals surface area contributed by atoms with Crippen molar-refractivity contribution in [1.29, 1.82) is 0 Å². The first-order chi connectivity index (χ1) is 12.0. The summed E-state index contributed by atoms with van der Waals surface area (Å²) >= 11 is 5.76. The van der Waals surface area contributed by atoms with Gasteiger partial charge in [-0.05, 0) is 42.8 Å². The van der Waals surface area contributed by atoms with Gasteiger partial charge >= 0.3 is 0 Å². The van der Waals surface area contributed by atoms with E-state index in [4.69, 9.17) is 16.3 Å². The third kappa shape index (κ3) is 5.46. The molecule has 0 spiro atoms. The smallest absolute Gasteiger partial charge is 0.289 e. The predicted molar refractivity (Wildman–Crippen MR) is 97.5 cm³/mol. The van der Waals surface area contributed by atoms with Crippen LogP contribution in [0.2, 0.25) is 5.02 Å². The first kappa shape index (κ1) is 18.7. The second-order valence-corrected chi connectivity index (χ2v) is 5.86. The fraction of sp³-hybridized carbons (Fsp3) is 0.278. The molecule has 2 aromatic rings. The van der Waals surface area contributed by atoms with Crippen molar-refractivity contribution in [2.45, 2.75) is 26.2 Å². The number of nitro groups is 1. The molecule has 0 aliphatic heterocycles. The Balaban J connectivity index is 1.99. The summed E-state index contributed by atoms with van der Waals surface area (Å²) in [6.45, 7) is 2.77. The van der Waals surface area contributed by atoms with Crippen LogP contribution in [0.25, 0.3) is 0 Å². The first-order valence-corrected chi connectivity index (χ1v) is 8.37. The Kier molecular flexibility index (Phi) is 6.77. The summed E-state index contributed by atoms with van der Waals surface area (Å²) in [6, 6.07) is 10.9. The fourth-order valence-corrected chi connectivity index (χ4v) is 2.36.